The molecular weight excluding hydrogens is 377 g/mol. The Hall–Kier alpha value is -1.89. The summed E-state index contributed by atoms with van der Waals surface area (Å²) in [5.74, 6) is 1.99. The maximum absolute atomic E-state index is 11.5. The molecule has 0 aromatic heterocycles. The topological polar surface area (TPSA) is 85.6 Å². The molecule has 2 N–H and O–H groups in total. The van der Waals surface area contributed by atoms with E-state index in [4.69, 9.17) is 21.3 Å². The fraction of sp³-hybridized carbons (Fsp3) is 0.235. The van der Waals surface area contributed by atoms with Gasteiger partial charge in [0.2, 0.25) is 0 Å². The second-order valence-electron chi connectivity index (χ2n) is 6.10. The van der Waals surface area contributed by atoms with Crippen LogP contribution in [0.5, 0.6) is 11.5 Å². The van der Waals surface area contributed by atoms with Crippen LogP contribution < -0.4 is 4.74 Å². The maximum Gasteiger partial charge on any atom is 0.403 e. The second-order valence-corrected chi connectivity index (χ2v) is 8.13. The summed E-state index contributed by atoms with van der Waals surface area (Å²) in [6.07, 6.45) is 0. The van der Waals surface area contributed by atoms with Gasteiger partial charge in [-0.1, -0.05) is 23.7 Å². The molecule has 0 saturated carbocycles. The summed E-state index contributed by atoms with van der Waals surface area (Å²) in [6, 6.07) is 12.9. The minimum Gasteiger partial charge on any atom is -0.454 e. The van der Waals surface area contributed by atoms with Gasteiger partial charge in [-0.15, -0.1) is 0 Å². The van der Waals surface area contributed by atoms with Crippen molar-refractivity contribution in [2.75, 3.05) is 26.2 Å². The van der Waals surface area contributed by atoms with Gasteiger partial charge in [-0.05, 0) is 30.3 Å². The van der Waals surface area contributed by atoms with Crippen molar-refractivity contribution in [2.24, 2.45) is 4.99 Å². The van der Waals surface area contributed by atoms with E-state index < -0.39 is 7.75 Å². The SMILES string of the molecule is O=P(O)(O)N1CCN(C2=Nc3ccccc3Oc3ccc(Cl)cc32)CC1. The van der Waals surface area contributed by atoms with Gasteiger partial charge >= 0.3 is 7.75 Å². The third kappa shape index (κ3) is 3.37. The van der Waals surface area contributed by atoms with E-state index in [0.29, 0.717) is 41.1 Å². The van der Waals surface area contributed by atoms with Gasteiger partial charge < -0.3 is 19.4 Å². The number of nitrogens with zero attached hydrogens (tertiary/aromatic N) is 3. The molecule has 0 unspecified atom stereocenters. The lowest BCUT2D eigenvalue weighted by Crippen LogP contribution is -2.47. The van der Waals surface area contributed by atoms with Crippen LogP contribution >= 0.6 is 19.3 Å². The predicted molar refractivity (Wildman–Crippen MR) is 99.4 cm³/mol. The van der Waals surface area contributed by atoms with E-state index in [0.717, 1.165) is 5.56 Å². The molecule has 0 radical (unpaired) electrons. The molecule has 0 aliphatic carbocycles. The number of hydrogen-bond donors (Lipinski definition) is 2. The van der Waals surface area contributed by atoms with E-state index in [1.807, 2.05) is 29.2 Å². The smallest absolute Gasteiger partial charge is 0.403 e. The first-order valence-corrected chi connectivity index (χ1v) is 10.1. The fourth-order valence-corrected chi connectivity index (χ4v) is 3.98. The molecule has 26 heavy (non-hydrogen) atoms. The summed E-state index contributed by atoms with van der Waals surface area (Å²) in [5.41, 5.74) is 1.46. The number of rotatable bonds is 1. The van der Waals surface area contributed by atoms with Crippen LogP contribution in [0.1, 0.15) is 5.56 Å². The van der Waals surface area contributed by atoms with Crippen LogP contribution in [-0.2, 0) is 4.57 Å². The molecule has 136 valence electrons. The van der Waals surface area contributed by atoms with Crippen LogP contribution in [-0.4, -0.2) is 51.4 Å². The highest BCUT2D eigenvalue weighted by Crippen LogP contribution is 2.42. The Morgan fingerprint density at radius 3 is 2.50 bits per heavy atom. The van der Waals surface area contributed by atoms with Crippen LogP contribution in [0.3, 0.4) is 0 Å². The molecule has 1 saturated heterocycles. The number of para-hydroxylation sites is 2. The lowest BCUT2D eigenvalue weighted by Gasteiger charge is -2.36. The average molecular weight is 394 g/mol. The van der Waals surface area contributed by atoms with Gasteiger partial charge in [0.1, 0.15) is 17.3 Å². The van der Waals surface area contributed by atoms with Crippen molar-refractivity contribution in [1.29, 1.82) is 0 Å². The van der Waals surface area contributed by atoms with Crippen LogP contribution in [0.4, 0.5) is 5.69 Å². The molecule has 2 aromatic rings. The summed E-state index contributed by atoms with van der Waals surface area (Å²) >= 11 is 6.19. The highest BCUT2D eigenvalue weighted by molar-refractivity contribution is 7.49. The molecule has 4 rings (SSSR count). The minimum absolute atomic E-state index is 0.252. The molecular formula is C17H17ClN3O4P. The lowest BCUT2D eigenvalue weighted by molar-refractivity contribution is 0.210. The van der Waals surface area contributed by atoms with Gasteiger partial charge in [0.25, 0.3) is 0 Å². The minimum atomic E-state index is -4.22. The summed E-state index contributed by atoms with van der Waals surface area (Å²) in [4.78, 5) is 25.5. The van der Waals surface area contributed by atoms with Gasteiger partial charge in [-0.2, -0.15) is 0 Å². The Labute approximate surface area is 155 Å². The van der Waals surface area contributed by atoms with Crippen LogP contribution in [0, 0.1) is 0 Å². The summed E-state index contributed by atoms with van der Waals surface area (Å²) in [5, 5.41) is 0.569. The molecule has 7 nitrogen and oxygen atoms in total. The Morgan fingerprint density at radius 1 is 1.04 bits per heavy atom. The van der Waals surface area contributed by atoms with Gasteiger partial charge in [0, 0.05) is 31.2 Å². The average Bonchev–Trinajstić information content (AvgIpc) is 2.77. The molecule has 0 bridgehead atoms. The Morgan fingerprint density at radius 2 is 1.77 bits per heavy atom. The van der Waals surface area contributed by atoms with Crippen LogP contribution in [0.25, 0.3) is 0 Å². The monoisotopic (exact) mass is 393 g/mol. The molecule has 2 aliphatic heterocycles. The lowest BCUT2D eigenvalue weighted by atomic mass is 10.1. The molecule has 0 amide bonds. The van der Waals surface area contributed by atoms with E-state index in [-0.39, 0.29) is 13.1 Å². The van der Waals surface area contributed by atoms with E-state index in [9.17, 15) is 14.4 Å². The van der Waals surface area contributed by atoms with Crippen molar-refractivity contribution >= 4 is 30.9 Å². The van der Waals surface area contributed by atoms with E-state index >= 15 is 0 Å². The highest BCUT2D eigenvalue weighted by atomic mass is 35.5. The molecule has 0 spiro atoms. The maximum atomic E-state index is 11.5. The Bertz CT molecular complexity index is 922. The molecule has 2 heterocycles. The first-order chi connectivity index (χ1) is 12.4. The number of piperazine rings is 1. The van der Waals surface area contributed by atoms with Crippen molar-refractivity contribution in [1.82, 2.24) is 9.57 Å². The quantitative estimate of drug-likeness (QED) is 0.723. The Balaban J connectivity index is 1.73. The van der Waals surface area contributed by atoms with Crippen LogP contribution in [0.15, 0.2) is 47.5 Å². The summed E-state index contributed by atoms with van der Waals surface area (Å²) in [7, 11) is -4.22. The van der Waals surface area contributed by atoms with E-state index in [1.165, 1.54) is 4.67 Å². The molecule has 0 atom stereocenters. The number of hydrogen-bond acceptors (Lipinski definition) is 4. The third-order valence-electron chi connectivity index (χ3n) is 4.42. The number of halogens is 1. The number of aliphatic imine (C=N–C) groups is 1. The first-order valence-electron chi connectivity index (χ1n) is 8.13. The zero-order valence-electron chi connectivity index (χ0n) is 13.7. The normalized spacial score (nSPS) is 17.7. The largest absolute Gasteiger partial charge is 0.454 e. The molecule has 2 aromatic carbocycles. The van der Waals surface area contributed by atoms with Crippen molar-refractivity contribution in [3.05, 3.63) is 53.1 Å². The van der Waals surface area contributed by atoms with Gasteiger partial charge in [0.15, 0.2) is 5.75 Å². The number of ether oxygens (including phenoxy) is 1. The number of fused-ring (bicyclic) bond motifs is 2. The zero-order valence-corrected chi connectivity index (χ0v) is 15.4. The third-order valence-corrected chi connectivity index (χ3v) is 5.79. The fourth-order valence-electron chi connectivity index (χ4n) is 3.10. The molecule has 9 heteroatoms. The van der Waals surface area contributed by atoms with Gasteiger partial charge in [-0.3, -0.25) is 0 Å². The van der Waals surface area contributed by atoms with Crippen molar-refractivity contribution in [3.8, 4) is 11.5 Å². The summed E-state index contributed by atoms with van der Waals surface area (Å²) < 4.78 is 18.7. The zero-order chi connectivity index (χ0) is 18.3. The first kappa shape index (κ1) is 17.5. The number of amidine groups is 1. The Kier molecular flexibility index (Phi) is 4.50. The van der Waals surface area contributed by atoms with E-state index in [2.05, 4.69) is 0 Å². The standard InChI is InChI=1S/C17H17ClN3O4P/c18-12-5-6-15-13(11-12)17(19-14-3-1-2-4-16(14)25-15)20-7-9-21(10-8-20)26(22,23)24/h1-6,11H,7-10H2,(H2,22,23,24). The van der Waals surface area contributed by atoms with Gasteiger partial charge in [-0.25, -0.2) is 14.2 Å². The van der Waals surface area contributed by atoms with Crippen molar-refractivity contribution in [3.63, 3.8) is 0 Å². The van der Waals surface area contributed by atoms with Crippen molar-refractivity contribution < 1.29 is 19.1 Å². The highest BCUT2D eigenvalue weighted by Gasteiger charge is 2.32. The van der Waals surface area contributed by atoms with Crippen LogP contribution in [0.2, 0.25) is 5.02 Å². The predicted octanol–water partition coefficient (Wildman–Crippen LogP) is 3.23. The second kappa shape index (κ2) is 6.68. The summed E-state index contributed by atoms with van der Waals surface area (Å²) in [6.45, 7) is 1.39. The van der Waals surface area contributed by atoms with Crippen molar-refractivity contribution in [2.45, 2.75) is 0 Å². The van der Waals surface area contributed by atoms with E-state index in [1.54, 1.807) is 18.2 Å². The number of benzene rings is 2. The molecule has 1 fully saturated rings. The molecule has 2 aliphatic rings. The van der Waals surface area contributed by atoms with Gasteiger partial charge in [0.05, 0.1) is 5.56 Å².